The van der Waals surface area contributed by atoms with Gasteiger partial charge in [0.2, 0.25) is 0 Å². The number of aryl methyl sites for hydroxylation is 1. The van der Waals surface area contributed by atoms with Crippen molar-refractivity contribution >= 4 is 11.4 Å². The lowest BCUT2D eigenvalue weighted by atomic mass is 10.2. The van der Waals surface area contributed by atoms with Crippen LogP contribution in [0.4, 0.5) is 8.78 Å². The zero-order valence-electron chi connectivity index (χ0n) is 12.1. The SMILES string of the molecule is Cc1cn2nc(C(=O)NCc3cc(F)ccc3F)cc2c(=O)[nH]1. The minimum absolute atomic E-state index is 0.0120. The van der Waals surface area contributed by atoms with Gasteiger partial charge in [-0.25, -0.2) is 13.3 Å². The van der Waals surface area contributed by atoms with Crippen LogP contribution >= 0.6 is 0 Å². The standard InChI is InChI=1S/C15H12F2N4O2/c1-8-7-21-13(15(23)19-8)5-12(20-21)14(22)18-6-9-4-10(16)2-3-11(9)17/h2-5,7H,6H2,1H3,(H,18,22)(H,19,23). The van der Waals surface area contributed by atoms with E-state index < -0.39 is 17.5 Å². The molecule has 1 amide bonds. The van der Waals surface area contributed by atoms with Crippen LogP contribution in [0.25, 0.3) is 5.52 Å². The van der Waals surface area contributed by atoms with Crippen molar-refractivity contribution in [2.75, 3.05) is 0 Å². The summed E-state index contributed by atoms with van der Waals surface area (Å²) in [6.45, 7) is 1.50. The highest BCUT2D eigenvalue weighted by Gasteiger charge is 2.13. The van der Waals surface area contributed by atoms with Crippen molar-refractivity contribution in [3.05, 3.63) is 69.4 Å². The molecular formula is C15H12F2N4O2. The molecule has 23 heavy (non-hydrogen) atoms. The molecular weight excluding hydrogens is 306 g/mol. The Kier molecular flexibility index (Phi) is 3.65. The van der Waals surface area contributed by atoms with Crippen LogP contribution < -0.4 is 10.9 Å². The number of hydrogen-bond acceptors (Lipinski definition) is 3. The molecule has 118 valence electrons. The first-order valence-electron chi connectivity index (χ1n) is 6.75. The lowest BCUT2D eigenvalue weighted by Gasteiger charge is -2.04. The van der Waals surface area contributed by atoms with Crippen LogP contribution in [0.3, 0.4) is 0 Å². The lowest BCUT2D eigenvalue weighted by Crippen LogP contribution is -2.23. The summed E-state index contributed by atoms with van der Waals surface area (Å²) >= 11 is 0. The topological polar surface area (TPSA) is 79.3 Å². The predicted molar refractivity (Wildman–Crippen MR) is 78.1 cm³/mol. The van der Waals surface area contributed by atoms with Crippen LogP contribution in [0, 0.1) is 18.6 Å². The molecule has 2 heterocycles. The van der Waals surface area contributed by atoms with Gasteiger partial charge in [-0.05, 0) is 25.1 Å². The van der Waals surface area contributed by atoms with Crippen molar-refractivity contribution < 1.29 is 13.6 Å². The molecule has 2 N–H and O–H groups in total. The van der Waals surface area contributed by atoms with Crippen LogP contribution in [-0.4, -0.2) is 20.5 Å². The second-order valence-electron chi connectivity index (χ2n) is 5.04. The number of hydrogen-bond donors (Lipinski definition) is 2. The van der Waals surface area contributed by atoms with E-state index in [1.54, 1.807) is 13.1 Å². The fraction of sp³-hybridized carbons (Fsp3) is 0.133. The molecule has 0 bridgehead atoms. The number of benzene rings is 1. The molecule has 3 aromatic rings. The number of fused-ring (bicyclic) bond motifs is 1. The van der Waals surface area contributed by atoms with Crippen molar-refractivity contribution in [2.24, 2.45) is 0 Å². The Balaban J connectivity index is 1.82. The van der Waals surface area contributed by atoms with Crippen LogP contribution in [0.1, 0.15) is 21.7 Å². The molecule has 1 aromatic carbocycles. The molecule has 3 rings (SSSR count). The molecule has 0 radical (unpaired) electrons. The van der Waals surface area contributed by atoms with Gasteiger partial charge in [0.25, 0.3) is 11.5 Å². The third-order valence-corrected chi connectivity index (χ3v) is 3.27. The van der Waals surface area contributed by atoms with Crippen molar-refractivity contribution in [3.8, 4) is 0 Å². The molecule has 0 aliphatic heterocycles. The number of aromatic amines is 1. The van der Waals surface area contributed by atoms with E-state index in [9.17, 15) is 18.4 Å². The first-order chi connectivity index (χ1) is 10.9. The zero-order valence-corrected chi connectivity index (χ0v) is 12.1. The van der Waals surface area contributed by atoms with Gasteiger partial charge in [0.1, 0.15) is 17.2 Å². The number of carbonyl (C=O) groups is 1. The first-order valence-corrected chi connectivity index (χ1v) is 6.75. The summed E-state index contributed by atoms with van der Waals surface area (Å²) in [5.74, 6) is -1.80. The van der Waals surface area contributed by atoms with Crippen LogP contribution in [-0.2, 0) is 6.54 Å². The maximum absolute atomic E-state index is 13.5. The molecule has 0 aliphatic carbocycles. The Hall–Kier alpha value is -3.03. The zero-order chi connectivity index (χ0) is 16.6. The molecule has 0 aliphatic rings. The number of H-pyrrole nitrogens is 1. The van der Waals surface area contributed by atoms with Crippen molar-refractivity contribution in [1.29, 1.82) is 0 Å². The molecule has 0 saturated carbocycles. The van der Waals surface area contributed by atoms with Gasteiger partial charge in [-0.2, -0.15) is 5.10 Å². The number of nitrogens with one attached hydrogen (secondary N) is 2. The van der Waals surface area contributed by atoms with E-state index in [1.165, 1.54) is 10.6 Å². The lowest BCUT2D eigenvalue weighted by molar-refractivity contribution is 0.0945. The summed E-state index contributed by atoms with van der Waals surface area (Å²) in [4.78, 5) is 26.4. The average molecular weight is 318 g/mol. The molecule has 0 saturated heterocycles. The predicted octanol–water partition coefficient (Wildman–Crippen LogP) is 1.54. The van der Waals surface area contributed by atoms with Gasteiger partial charge in [-0.1, -0.05) is 0 Å². The number of rotatable bonds is 3. The second kappa shape index (κ2) is 5.64. The quantitative estimate of drug-likeness (QED) is 0.769. The number of halogens is 2. The summed E-state index contributed by atoms with van der Waals surface area (Å²) in [6, 6.07) is 4.32. The first kappa shape index (κ1) is 14.9. The van der Waals surface area contributed by atoms with Gasteiger partial charge in [0, 0.05) is 30.1 Å². The summed E-state index contributed by atoms with van der Waals surface area (Å²) in [6.07, 6.45) is 1.57. The van der Waals surface area contributed by atoms with E-state index in [1.807, 2.05) is 0 Å². The van der Waals surface area contributed by atoms with Crippen LogP contribution in [0.5, 0.6) is 0 Å². The Labute approximate surface area is 128 Å². The molecule has 0 atom stereocenters. The van der Waals surface area contributed by atoms with Gasteiger partial charge in [0.05, 0.1) is 0 Å². The summed E-state index contributed by atoms with van der Waals surface area (Å²) in [5.41, 5.74) is 0.485. The second-order valence-corrected chi connectivity index (χ2v) is 5.04. The third-order valence-electron chi connectivity index (χ3n) is 3.27. The van der Waals surface area contributed by atoms with Gasteiger partial charge in [-0.3, -0.25) is 9.59 Å². The largest absolute Gasteiger partial charge is 0.346 e. The highest BCUT2D eigenvalue weighted by Crippen LogP contribution is 2.10. The van der Waals surface area contributed by atoms with E-state index in [0.29, 0.717) is 5.69 Å². The smallest absolute Gasteiger partial charge is 0.274 e. The maximum Gasteiger partial charge on any atom is 0.274 e. The summed E-state index contributed by atoms with van der Waals surface area (Å²) in [7, 11) is 0. The fourth-order valence-electron chi connectivity index (χ4n) is 2.18. The van der Waals surface area contributed by atoms with Crippen LogP contribution in [0.2, 0.25) is 0 Å². The fourth-order valence-corrected chi connectivity index (χ4v) is 2.18. The van der Waals surface area contributed by atoms with Gasteiger partial charge in [0.15, 0.2) is 5.69 Å². The average Bonchev–Trinajstić information content (AvgIpc) is 2.92. The third kappa shape index (κ3) is 2.96. The van der Waals surface area contributed by atoms with E-state index in [-0.39, 0.29) is 28.9 Å². The minimum Gasteiger partial charge on any atom is -0.346 e. The van der Waals surface area contributed by atoms with Gasteiger partial charge < -0.3 is 10.3 Å². The number of nitrogens with zero attached hydrogens (tertiary/aromatic N) is 2. The van der Waals surface area contributed by atoms with Crippen molar-refractivity contribution in [3.63, 3.8) is 0 Å². The molecule has 0 fully saturated rings. The number of aromatic nitrogens is 3. The highest BCUT2D eigenvalue weighted by molar-refractivity contribution is 5.93. The normalized spacial score (nSPS) is 10.9. The molecule has 6 nitrogen and oxygen atoms in total. The Bertz CT molecular complexity index is 962. The molecule has 8 heteroatoms. The van der Waals surface area contributed by atoms with Gasteiger partial charge in [-0.15, -0.1) is 0 Å². The Morgan fingerprint density at radius 3 is 2.91 bits per heavy atom. The maximum atomic E-state index is 13.5. The molecule has 0 spiro atoms. The van der Waals surface area contributed by atoms with E-state index in [0.717, 1.165) is 18.2 Å². The van der Waals surface area contributed by atoms with Gasteiger partial charge >= 0.3 is 0 Å². The Morgan fingerprint density at radius 1 is 1.35 bits per heavy atom. The Morgan fingerprint density at radius 2 is 2.13 bits per heavy atom. The van der Waals surface area contributed by atoms with E-state index in [4.69, 9.17) is 0 Å². The summed E-state index contributed by atoms with van der Waals surface area (Å²) < 4.78 is 27.9. The van der Waals surface area contributed by atoms with E-state index in [2.05, 4.69) is 15.4 Å². The van der Waals surface area contributed by atoms with Crippen molar-refractivity contribution in [2.45, 2.75) is 13.5 Å². The highest BCUT2D eigenvalue weighted by atomic mass is 19.1. The van der Waals surface area contributed by atoms with E-state index >= 15 is 0 Å². The summed E-state index contributed by atoms with van der Waals surface area (Å²) in [5, 5.41) is 6.45. The number of carbonyl (C=O) groups excluding carboxylic acids is 1. The minimum atomic E-state index is -0.617. The van der Waals surface area contributed by atoms with Crippen LogP contribution in [0.15, 0.2) is 35.3 Å². The molecule has 2 aromatic heterocycles. The monoisotopic (exact) mass is 318 g/mol. The number of amides is 1. The van der Waals surface area contributed by atoms with Crippen molar-refractivity contribution in [1.82, 2.24) is 19.9 Å². The molecule has 0 unspecified atom stereocenters.